The van der Waals surface area contributed by atoms with E-state index in [9.17, 15) is 9.18 Å². The SMILES string of the molecule is CCOC(=O)CC1CC(COc2cc3c(Nc4ccc(F)c(Cl)c4)ncnc3cc2OC)OC(C)(C)O1. The summed E-state index contributed by atoms with van der Waals surface area (Å²) in [6.07, 6.45) is 1.31. The van der Waals surface area contributed by atoms with Crippen molar-refractivity contribution >= 4 is 40.0 Å². The van der Waals surface area contributed by atoms with Crippen LogP contribution < -0.4 is 14.8 Å². The first kappa shape index (κ1) is 26.8. The zero-order valence-corrected chi connectivity index (χ0v) is 21.8. The van der Waals surface area contributed by atoms with E-state index in [1.807, 2.05) is 0 Å². The van der Waals surface area contributed by atoms with Crippen molar-refractivity contribution in [2.75, 3.05) is 25.6 Å². The smallest absolute Gasteiger partial charge is 0.308 e. The van der Waals surface area contributed by atoms with Crippen LogP contribution in [0.2, 0.25) is 5.02 Å². The molecule has 0 saturated carbocycles. The standard InChI is InChI=1S/C26H29ClFN3O6/c1-5-34-24(32)10-16-9-17(37-26(2,3)36-16)13-35-23-11-18-21(12-22(23)33-4)29-14-30-25(18)31-15-6-7-20(28)19(27)8-15/h6-8,11-12,14,16-17H,5,9-10,13H2,1-4H3,(H,29,30,31). The number of hydrogen-bond donors (Lipinski definition) is 1. The number of ether oxygens (including phenoxy) is 5. The Kier molecular flexibility index (Phi) is 8.31. The molecular formula is C26H29ClFN3O6. The Bertz CT molecular complexity index is 1270. The molecule has 11 heteroatoms. The molecule has 0 bridgehead atoms. The lowest BCUT2D eigenvalue weighted by atomic mass is 10.1. The van der Waals surface area contributed by atoms with E-state index in [0.29, 0.717) is 46.9 Å². The van der Waals surface area contributed by atoms with E-state index >= 15 is 0 Å². The highest BCUT2D eigenvalue weighted by atomic mass is 35.5. The topological polar surface area (TPSA) is 101 Å². The van der Waals surface area contributed by atoms with Crippen LogP contribution in [0, 0.1) is 5.82 Å². The van der Waals surface area contributed by atoms with E-state index in [4.69, 9.17) is 35.3 Å². The molecule has 1 aliphatic heterocycles. The first-order chi connectivity index (χ1) is 17.7. The average Bonchev–Trinajstić information content (AvgIpc) is 2.84. The minimum atomic E-state index is -0.891. The monoisotopic (exact) mass is 533 g/mol. The molecule has 1 aromatic heterocycles. The number of aromatic nitrogens is 2. The summed E-state index contributed by atoms with van der Waals surface area (Å²) in [6.45, 7) is 5.86. The molecule has 3 aromatic rings. The van der Waals surface area contributed by atoms with Gasteiger partial charge < -0.3 is 29.0 Å². The Morgan fingerprint density at radius 3 is 2.70 bits per heavy atom. The van der Waals surface area contributed by atoms with Gasteiger partial charge in [0.05, 0.1) is 42.9 Å². The van der Waals surface area contributed by atoms with Crippen molar-refractivity contribution in [2.24, 2.45) is 0 Å². The van der Waals surface area contributed by atoms with Crippen LogP contribution in [-0.4, -0.2) is 54.3 Å². The van der Waals surface area contributed by atoms with Crippen molar-refractivity contribution in [3.05, 3.63) is 47.5 Å². The molecule has 1 aliphatic rings. The van der Waals surface area contributed by atoms with Gasteiger partial charge >= 0.3 is 5.97 Å². The molecule has 1 saturated heterocycles. The molecule has 0 aliphatic carbocycles. The van der Waals surface area contributed by atoms with Crippen LogP contribution in [0.25, 0.3) is 10.9 Å². The lowest BCUT2D eigenvalue weighted by Gasteiger charge is -2.40. The normalized spacial score (nSPS) is 18.9. The number of nitrogens with one attached hydrogen (secondary N) is 1. The zero-order chi connectivity index (χ0) is 26.6. The van der Waals surface area contributed by atoms with Crippen LogP contribution in [0.4, 0.5) is 15.9 Å². The summed E-state index contributed by atoms with van der Waals surface area (Å²) in [5.74, 6) is -0.292. The van der Waals surface area contributed by atoms with Gasteiger partial charge in [-0.2, -0.15) is 0 Å². The van der Waals surface area contributed by atoms with Crippen molar-refractivity contribution in [2.45, 2.75) is 51.6 Å². The van der Waals surface area contributed by atoms with Gasteiger partial charge in [-0.05, 0) is 45.0 Å². The van der Waals surface area contributed by atoms with Gasteiger partial charge in [0.15, 0.2) is 17.3 Å². The van der Waals surface area contributed by atoms with Crippen LogP contribution in [0.1, 0.15) is 33.6 Å². The lowest BCUT2D eigenvalue weighted by Crippen LogP contribution is -2.47. The Balaban J connectivity index is 1.54. The van der Waals surface area contributed by atoms with Gasteiger partial charge in [-0.1, -0.05) is 11.6 Å². The third-order valence-electron chi connectivity index (χ3n) is 5.65. The molecule has 0 spiro atoms. The summed E-state index contributed by atoms with van der Waals surface area (Å²) in [7, 11) is 1.54. The summed E-state index contributed by atoms with van der Waals surface area (Å²) in [5.41, 5.74) is 1.18. The molecule has 2 aromatic carbocycles. The molecular weight excluding hydrogens is 505 g/mol. The van der Waals surface area contributed by atoms with Crippen molar-refractivity contribution in [1.82, 2.24) is 9.97 Å². The van der Waals surface area contributed by atoms with Gasteiger partial charge in [-0.15, -0.1) is 0 Å². The third kappa shape index (κ3) is 6.76. The summed E-state index contributed by atoms with van der Waals surface area (Å²) in [6, 6.07) is 7.82. The van der Waals surface area contributed by atoms with E-state index in [-0.39, 0.29) is 36.2 Å². The molecule has 1 fully saturated rings. The van der Waals surface area contributed by atoms with Crippen molar-refractivity contribution in [1.29, 1.82) is 0 Å². The number of halogens is 2. The summed E-state index contributed by atoms with van der Waals surface area (Å²) in [4.78, 5) is 20.6. The maximum Gasteiger partial charge on any atom is 0.308 e. The molecule has 37 heavy (non-hydrogen) atoms. The van der Waals surface area contributed by atoms with Crippen LogP contribution in [-0.2, 0) is 19.0 Å². The molecule has 2 unspecified atom stereocenters. The van der Waals surface area contributed by atoms with Gasteiger partial charge in [0, 0.05) is 23.6 Å². The van der Waals surface area contributed by atoms with Crippen LogP contribution in [0.5, 0.6) is 11.5 Å². The van der Waals surface area contributed by atoms with Gasteiger partial charge in [0.1, 0.15) is 24.6 Å². The van der Waals surface area contributed by atoms with Crippen molar-refractivity contribution in [3.63, 3.8) is 0 Å². The fraction of sp³-hybridized carbons (Fsp3) is 0.423. The minimum absolute atomic E-state index is 0.00491. The van der Waals surface area contributed by atoms with E-state index in [0.717, 1.165) is 0 Å². The molecule has 0 radical (unpaired) electrons. The minimum Gasteiger partial charge on any atom is -0.493 e. The second kappa shape index (κ2) is 11.5. The van der Waals surface area contributed by atoms with Gasteiger partial charge in [-0.25, -0.2) is 14.4 Å². The Hall–Kier alpha value is -3.21. The van der Waals surface area contributed by atoms with Gasteiger partial charge in [0.2, 0.25) is 0 Å². The predicted octanol–water partition coefficient (Wildman–Crippen LogP) is 5.42. The van der Waals surface area contributed by atoms with E-state index in [1.165, 1.54) is 18.5 Å². The number of carbonyl (C=O) groups is 1. The lowest BCUT2D eigenvalue weighted by molar-refractivity contribution is -0.302. The van der Waals surface area contributed by atoms with E-state index < -0.39 is 11.6 Å². The Morgan fingerprint density at radius 2 is 1.97 bits per heavy atom. The van der Waals surface area contributed by atoms with Crippen LogP contribution in [0.15, 0.2) is 36.7 Å². The highest BCUT2D eigenvalue weighted by molar-refractivity contribution is 6.31. The number of anilines is 2. The van der Waals surface area contributed by atoms with Crippen LogP contribution in [0.3, 0.4) is 0 Å². The number of nitrogens with zero attached hydrogens (tertiary/aromatic N) is 2. The van der Waals surface area contributed by atoms with Crippen LogP contribution >= 0.6 is 11.6 Å². The Labute approximate surface area is 219 Å². The molecule has 4 rings (SSSR count). The molecule has 2 heterocycles. The predicted molar refractivity (Wildman–Crippen MR) is 136 cm³/mol. The number of carbonyl (C=O) groups excluding carboxylic acids is 1. The van der Waals surface area contributed by atoms with Gasteiger partial charge in [0.25, 0.3) is 0 Å². The highest BCUT2D eigenvalue weighted by Crippen LogP contribution is 2.36. The molecule has 9 nitrogen and oxygen atoms in total. The van der Waals surface area contributed by atoms with Crippen molar-refractivity contribution < 1.29 is 32.9 Å². The summed E-state index contributed by atoms with van der Waals surface area (Å²) >= 11 is 5.92. The largest absolute Gasteiger partial charge is 0.493 e. The average molecular weight is 534 g/mol. The molecule has 1 N–H and O–H groups in total. The van der Waals surface area contributed by atoms with E-state index in [1.54, 1.807) is 46.1 Å². The van der Waals surface area contributed by atoms with Crippen molar-refractivity contribution in [3.8, 4) is 11.5 Å². The number of rotatable bonds is 9. The Morgan fingerprint density at radius 1 is 1.19 bits per heavy atom. The number of methoxy groups -OCH3 is 1. The highest BCUT2D eigenvalue weighted by Gasteiger charge is 2.37. The summed E-state index contributed by atoms with van der Waals surface area (Å²) < 4.78 is 42.2. The molecule has 2 atom stereocenters. The first-order valence-electron chi connectivity index (χ1n) is 11.9. The second-order valence-corrected chi connectivity index (χ2v) is 9.34. The van der Waals surface area contributed by atoms with Gasteiger partial charge in [-0.3, -0.25) is 4.79 Å². The zero-order valence-electron chi connectivity index (χ0n) is 21.0. The third-order valence-corrected chi connectivity index (χ3v) is 5.94. The number of esters is 1. The maximum atomic E-state index is 13.6. The number of benzene rings is 2. The first-order valence-corrected chi connectivity index (χ1v) is 12.2. The maximum absolute atomic E-state index is 13.6. The van der Waals surface area contributed by atoms with E-state index in [2.05, 4.69) is 15.3 Å². The summed E-state index contributed by atoms with van der Waals surface area (Å²) in [5, 5.41) is 3.80. The fourth-order valence-electron chi connectivity index (χ4n) is 4.18. The quantitative estimate of drug-likeness (QED) is 0.361. The second-order valence-electron chi connectivity index (χ2n) is 8.93. The molecule has 198 valence electrons. The molecule has 0 amide bonds. The number of fused-ring (bicyclic) bond motifs is 1. The fourth-order valence-corrected chi connectivity index (χ4v) is 4.36. The number of hydrogen-bond acceptors (Lipinski definition) is 9.